The van der Waals surface area contributed by atoms with E-state index in [1.165, 1.54) is 24.0 Å². The lowest BCUT2D eigenvalue weighted by Gasteiger charge is -2.01. The van der Waals surface area contributed by atoms with Crippen LogP contribution >= 0.6 is 0 Å². The highest BCUT2D eigenvalue weighted by atomic mass is 16.3. The van der Waals surface area contributed by atoms with E-state index in [9.17, 15) is 0 Å². The van der Waals surface area contributed by atoms with Gasteiger partial charge in [-0.25, -0.2) is 0 Å². The Hall–Kier alpha value is -0.980. The summed E-state index contributed by atoms with van der Waals surface area (Å²) in [4.78, 5) is 0. The molecule has 0 aliphatic rings. The van der Waals surface area contributed by atoms with Gasteiger partial charge in [-0.3, -0.25) is 0 Å². The molecule has 0 fully saturated rings. The molecule has 0 heterocycles. The zero-order chi connectivity index (χ0) is 13.0. The molecule has 0 saturated heterocycles. The van der Waals surface area contributed by atoms with E-state index in [1.807, 2.05) is 26.0 Å². The van der Waals surface area contributed by atoms with Crippen LogP contribution in [0.15, 0.2) is 18.2 Å². The lowest BCUT2D eigenvalue weighted by Crippen LogP contribution is -1.83. The van der Waals surface area contributed by atoms with Gasteiger partial charge in [0.25, 0.3) is 0 Å². The van der Waals surface area contributed by atoms with Gasteiger partial charge in [0.1, 0.15) is 5.75 Å². The van der Waals surface area contributed by atoms with Crippen molar-refractivity contribution in [2.24, 2.45) is 0 Å². The number of unbranched alkanes of at least 4 members (excludes halogenated alkanes) is 1. The molecule has 94 valence electrons. The largest absolute Gasteiger partial charge is 0.508 e. The summed E-state index contributed by atoms with van der Waals surface area (Å²) in [5.41, 5.74) is 2.47. The molecule has 1 nitrogen and oxygen atoms in total. The number of rotatable bonds is 2. The van der Waals surface area contributed by atoms with E-state index >= 15 is 0 Å². The van der Waals surface area contributed by atoms with E-state index in [0.29, 0.717) is 5.75 Å². The van der Waals surface area contributed by atoms with Crippen molar-refractivity contribution < 1.29 is 5.11 Å². The summed E-state index contributed by atoms with van der Waals surface area (Å²) in [6, 6.07) is 5.47. The van der Waals surface area contributed by atoms with Crippen molar-refractivity contribution in [3.63, 3.8) is 0 Å². The van der Waals surface area contributed by atoms with Crippen molar-refractivity contribution in [3.8, 4) is 5.75 Å². The molecule has 0 saturated carbocycles. The molecule has 0 atom stereocenters. The van der Waals surface area contributed by atoms with E-state index < -0.39 is 0 Å². The third-order valence-corrected chi connectivity index (χ3v) is 2.21. The first-order valence-electron chi connectivity index (χ1n) is 6.44. The summed E-state index contributed by atoms with van der Waals surface area (Å²) in [5, 5.41) is 9.07. The van der Waals surface area contributed by atoms with Crippen LogP contribution in [0.2, 0.25) is 0 Å². The minimum atomic E-state index is 0.363. The predicted molar refractivity (Wildman–Crippen MR) is 74.2 cm³/mol. The molecule has 0 amide bonds. The van der Waals surface area contributed by atoms with Crippen LogP contribution < -0.4 is 0 Å². The lowest BCUT2D eigenvalue weighted by atomic mass is 10.1. The van der Waals surface area contributed by atoms with Crippen molar-refractivity contribution >= 4 is 0 Å². The second kappa shape index (κ2) is 12.1. The van der Waals surface area contributed by atoms with Crippen molar-refractivity contribution in [2.75, 3.05) is 0 Å². The summed E-state index contributed by atoms with van der Waals surface area (Å²) in [5.74, 6) is 0.363. The molecule has 0 aliphatic heterocycles. The van der Waals surface area contributed by atoms with Crippen molar-refractivity contribution in [2.45, 2.75) is 60.8 Å². The van der Waals surface area contributed by atoms with E-state index in [2.05, 4.69) is 27.7 Å². The average molecular weight is 224 g/mol. The number of hydrogen-bond acceptors (Lipinski definition) is 1. The fourth-order valence-corrected chi connectivity index (χ4v) is 1.04. The third-order valence-electron chi connectivity index (χ3n) is 2.21. The quantitative estimate of drug-likeness (QED) is 0.741. The summed E-state index contributed by atoms with van der Waals surface area (Å²) < 4.78 is 0. The van der Waals surface area contributed by atoms with Crippen LogP contribution in [0.4, 0.5) is 0 Å². The number of phenolic OH excluding ortho intramolecular Hbond substituents is 1. The number of aromatic hydroxyl groups is 1. The monoisotopic (exact) mass is 224 g/mol. The second-order valence-electron chi connectivity index (χ2n) is 3.46. The topological polar surface area (TPSA) is 20.2 Å². The fourth-order valence-electron chi connectivity index (χ4n) is 1.04. The highest BCUT2D eigenvalue weighted by Gasteiger charge is 1.95. The predicted octanol–water partition coefficient (Wildman–Crippen LogP) is 5.10. The first kappa shape index (κ1) is 17.4. The molecular formula is C15H28O. The van der Waals surface area contributed by atoms with Crippen LogP contribution in [0.3, 0.4) is 0 Å². The maximum Gasteiger partial charge on any atom is 0.115 e. The van der Waals surface area contributed by atoms with Crippen LogP contribution in [-0.2, 0) is 6.42 Å². The molecule has 0 spiro atoms. The Labute approximate surface area is 102 Å². The molecule has 0 radical (unpaired) electrons. The Morgan fingerprint density at radius 1 is 1.00 bits per heavy atom. The summed E-state index contributed by atoms with van der Waals surface area (Å²) >= 11 is 0. The van der Waals surface area contributed by atoms with Gasteiger partial charge >= 0.3 is 0 Å². The highest BCUT2D eigenvalue weighted by molar-refractivity contribution is 5.33. The standard InChI is InChI=1S/C9H12O.C4H10.C2H6/c1-3-8-6-9(10)5-4-7(8)2;1-3-4-2;1-2/h4-6,10H,3H2,1-2H3;3-4H2,1-2H3;1-2H3. The minimum absolute atomic E-state index is 0.363. The van der Waals surface area contributed by atoms with Crippen LogP contribution in [0.25, 0.3) is 0 Å². The van der Waals surface area contributed by atoms with Gasteiger partial charge in [-0.1, -0.05) is 53.5 Å². The van der Waals surface area contributed by atoms with Crippen molar-refractivity contribution in [3.05, 3.63) is 29.3 Å². The van der Waals surface area contributed by atoms with E-state index in [1.54, 1.807) is 6.07 Å². The van der Waals surface area contributed by atoms with E-state index in [4.69, 9.17) is 5.11 Å². The van der Waals surface area contributed by atoms with Gasteiger partial charge in [-0.15, -0.1) is 0 Å². The van der Waals surface area contributed by atoms with Gasteiger partial charge < -0.3 is 5.11 Å². The van der Waals surface area contributed by atoms with E-state index in [0.717, 1.165) is 6.42 Å². The van der Waals surface area contributed by atoms with Gasteiger partial charge in [0.15, 0.2) is 0 Å². The first-order valence-corrected chi connectivity index (χ1v) is 6.44. The highest BCUT2D eigenvalue weighted by Crippen LogP contribution is 2.15. The first-order chi connectivity index (χ1) is 7.65. The Morgan fingerprint density at radius 2 is 1.50 bits per heavy atom. The Morgan fingerprint density at radius 3 is 1.81 bits per heavy atom. The van der Waals surface area contributed by atoms with Crippen LogP contribution in [0, 0.1) is 6.92 Å². The number of benzene rings is 1. The second-order valence-corrected chi connectivity index (χ2v) is 3.46. The molecule has 1 rings (SSSR count). The van der Waals surface area contributed by atoms with Crippen LogP contribution in [-0.4, -0.2) is 5.11 Å². The molecule has 1 aromatic carbocycles. The molecule has 0 aliphatic carbocycles. The van der Waals surface area contributed by atoms with Gasteiger partial charge in [-0.05, 0) is 36.6 Å². The van der Waals surface area contributed by atoms with Crippen LogP contribution in [0.5, 0.6) is 5.75 Å². The molecule has 16 heavy (non-hydrogen) atoms. The van der Waals surface area contributed by atoms with Crippen molar-refractivity contribution in [1.82, 2.24) is 0 Å². The summed E-state index contributed by atoms with van der Waals surface area (Å²) in [6.45, 7) is 12.5. The number of hydrogen-bond donors (Lipinski definition) is 1. The fraction of sp³-hybridized carbons (Fsp3) is 0.600. The van der Waals surface area contributed by atoms with Gasteiger partial charge in [0, 0.05) is 0 Å². The molecule has 0 aromatic heterocycles. The number of aryl methyl sites for hydroxylation is 2. The third kappa shape index (κ3) is 8.34. The molecule has 1 heteroatoms. The lowest BCUT2D eigenvalue weighted by molar-refractivity contribution is 0.474. The smallest absolute Gasteiger partial charge is 0.115 e. The normalized spacial score (nSPS) is 8.38. The zero-order valence-electron chi connectivity index (χ0n) is 11.8. The molecule has 1 N–H and O–H groups in total. The maximum absolute atomic E-state index is 9.07. The minimum Gasteiger partial charge on any atom is -0.508 e. The Bertz CT molecular complexity index is 252. The Kier molecular flexibility index (Phi) is 13.2. The van der Waals surface area contributed by atoms with Crippen molar-refractivity contribution in [1.29, 1.82) is 0 Å². The van der Waals surface area contributed by atoms with E-state index in [-0.39, 0.29) is 0 Å². The summed E-state index contributed by atoms with van der Waals surface area (Å²) in [6.07, 6.45) is 3.63. The summed E-state index contributed by atoms with van der Waals surface area (Å²) in [7, 11) is 0. The molecule has 1 aromatic rings. The van der Waals surface area contributed by atoms with Gasteiger partial charge in [-0.2, -0.15) is 0 Å². The molecular weight excluding hydrogens is 196 g/mol. The van der Waals surface area contributed by atoms with Gasteiger partial charge in [0.05, 0.1) is 0 Å². The van der Waals surface area contributed by atoms with Gasteiger partial charge in [0.2, 0.25) is 0 Å². The SMILES string of the molecule is CC.CCCC.CCc1cc(O)ccc1C. The average Bonchev–Trinajstić information content (AvgIpc) is 2.35. The molecule has 0 unspecified atom stereocenters. The number of phenols is 1. The maximum atomic E-state index is 9.07. The molecule has 0 bridgehead atoms. The van der Waals surface area contributed by atoms with Crippen LogP contribution in [0.1, 0.15) is 58.6 Å². The zero-order valence-corrected chi connectivity index (χ0v) is 11.8. The Balaban J connectivity index is 0.